The van der Waals surface area contributed by atoms with E-state index in [1.807, 2.05) is 84.9 Å². The van der Waals surface area contributed by atoms with Crippen LogP contribution in [0.2, 0.25) is 0 Å². The number of rotatable bonds is 6. The number of hydrogen-bond acceptors (Lipinski definition) is 3. The number of benzene rings is 3. The van der Waals surface area contributed by atoms with E-state index in [0.29, 0.717) is 22.6 Å². The van der Waals surface area contributed by atoms with Crippen LogP contribution in [0.3, 0.4) is 0 Å². The molecule has 3 aromatic rings. The highest BCUT2D eigenvalue weighted by atomic mass is 16.5. The van der Waals surface area contributed by atoms with Crippen LogP contribution in [-0.2, 0) is 0 Å². The van der Waals surface area contributed by atoms with E-state index in [-0.39, 0.29) is 5.78 Å². The van der Waals surface area contributed by atoms with Crippen molar-refractivity contribution in [1.29, 1.82) is 0 Å². The molecule has 0 saturated heterocycles. The van der Waals surface area contributed by atoms with Gasteiger partial charge in [-0.15, -0.1) is 0 Å². The van der Waals surface area contributed by atoms with Crippen LogP contribution in [0, 0.1) is 0 Å². The molecule has 0 atom stereocenters. The minimum atomic E-state index is 0.0287. The largest absolute Gasteiger partial charge is 0.493 e. The Morgan fingerprint density at radius 1 is 0.692 bits per heavy atom. The second kappa shape index (κ2) is 8.17. The molecule has 0 unspecified atom stereocenters. The summed E-state index contributed by atoms with van der Waals surface area (Å²) < 4.78 is 10.6. The molecule has 3 heteroatoms. The molecule has 3 rings (SSSR count). The van der Waals surface area contributed by atoms with E-state index < -0.39 is 0 Å². The van der Waals surface area contributed by atoms with Crippen LogP contribution in [0.15, 0.2) is 72.8 Å². The van der Waals surface area contributed by atoms with E-state index in [4.69, 9.17) is 9.47 Å². The van der Waals surface area contributed by atoms with Crippen molar-refractivity contribution in [2.75, 3.05) is 14.2 Å². The molecule has 3 nitrogen and oxygen atoms in total. The molecule has 0 heterocycles. The molecule has 0 aromatic heterocycles. The lowest BCUT2D eigenvalue weighted by Gasteiger charge is -2.07. The third-order valence-electron chi connectivity index (χ3n) is 4.08. The molecule has 3 aromatic carbocycles. The minimum absolute atomic E-state index is 0.0287. The molecule has 26 heavy (non-hydrogen) atoms. The molecular formula is C23H20O3. The fourth-order valence-electron chi connectivity index (χ4n) is 2.65. The van der Waals surface area contributed by atoms with E-state index in [1.165, 1.54) is 0 Å². The van der Waals surface area contributed by atoms with E-state index >= 15 is 0 Å². The quantitative estimate of drug-likeness (QED) is 0.461. The third-order valence-corrected chi connectivity index (χ3v) is 4.08. The predicted octanol–water partition coefficient (Wildman–Crippen LogP) is 5.11. The van der Waals surface area contributed by atoms with Gasteiger partial charge in [-0.1, -0.05) is 72.8 Å². The van der Waals surface area contributed by atoms with Crippen molar-refractivity contribution in [3.05, 3.63) is 95.1 Å². The summed E-state index contributed by atoms with van der Waals surface area (Å²) in [5, 5.41) is 0. The number of carbonyl (C=O) groups is 1. The van der Waals surface area contributed by atoms with Gasteiger partial charge in [-0.25, -0.2) is 0 Å². The zero-order valence-electron chi connectivity index (χ0n) is 14.8. The van der Waals surface area contributed by atoms with Crippen molar-refractivity contribution in [3.8, 4) is 11.5 Å². The maximum absolute atomic E-state index is 12.4. The van der Waals surface area contributed by atoms with Gasteiger partial charge < -0.3 is 9.47 Å². The molecule has 0 aliphatic heterocycles. The lowest BCUT2D eigenvalue weighted by atomic mass is 10.0. The summed E-state index contributed by atoms with van der Waals surface area (Å²) in [6.45, 7) is 0. The standard InChI is InChI=1S/C23H20O3/c1-25-21-15-12-18(16-22(21)26-2)9-8-17-10-13-20(14-11-17)23(24)19-6-4-3-5-7-19/h3-16H,1-2H3/b9-8+. The first-order chi connectivity index (χ1) is 12.7. The smallest absolute Gasteiger partial charge is 0.193 e. The molecule has 0 saturated carbocycles. The Hall–Kier alpha value is -3.33. The van der Waals surface area contributed by atoms with Crippen molar-refractivity contribution in [3.63, 3.8) is 0 Å². The number of ether oxygens (including phenoxy) is 2. The van der Waals surface area contributed by atoms with Gasteiger partial charge in [-0.3, -0.25) is 4.79 Å². The SMILES string of the molecule is COc1ccc(/C=C/c2ccc(C(=O)c3ccccc3)cc2)cc1OC. The van der Waals surface area contributed by atoms with Gasteiger partial charge in [0.1, 0.15) is 0 Å². The molecule has 0 radical (unpaired) electrons. The van der Waals surface area contributed by atoms with Crippen molar-refractivity contribution in [2.45, 2.75) is 0 Å². The predicted molar refractivity (Wildman–Crippen MR) is 105 cm³/mol. The molecule has 0 amide bonds. The van der Waals surface area contributed by atoms with Gasteiger partial charge >= 0.3 is 0 Å². The highest BCUT2D eigenvalue weighted by Gasteiger charge is 2.07. The van der Waals surface area contributed by atoms with Crippen LogP contribution in [-0.4, -0.2) is 20.0 Å². The average Bonchev–Trinajstić information content (AvgIpc) is 2.72. The molecule has 0 aliphatic rings. The molecule has 0 spiro atoms. The first-order valence-corrected chi connectivity index (χ1v) is 8.31. The molecule has 0 bridgehead atoms. The summed E-state index contributed by atoms with van der Waals surface area (Å²) in [5.74, 6) is 1.42. The Bertz CT molecular complexity index is 910. The Morgan fingerprint density at radius 3 is 1.92 bits per heavy atom. The maximum Gasteiger partial charge on any atom is 0.193 e. The normalized spacial score (nSPS) is 10.7. The zero-order chi connectivity index (χ0) is 18.4. The third kappa shape index (κ3) is 4.01. The van der Waals surface area contributed by atoms with Crippen molar-refractivity contribution in [2.24, 2.45) is 0 Å². The van der Waals surface area contributed by atoms with Gasteiger partial charge in [0, 0.05) is 11.1 Å². The van der Waals surface area contributed by atoms with Crippen LogP contribution in [0.25, 0.3) is 12.2 Å². The summed E-state index contributed by atoms with van der Waals surface area (Å²) in [7, 11) is 3.24. The lowest BCUT2D eigenvalue weighted by Crippen LogP contribution is -2.00. The molecule has 0 fully saturated rings. The highest BCUT2D eigenvalue weighted by molar-refractivity contribution is 6.09. The first kappa shape index (κ1) is 17.5. The van der Waals surface area contributed by atoms with Crippen molar-refractivity contribution < 1.29 is 14.3 Å². The summed E-state index contributed by atoms with van der Waals surface area (Å²) in [4.78, 5) is 12.4. The van der Waals surface area contributed by atoms with Crippen LogP contribution in [0.4, 0.5) is 0 Å². The van der Waals surface area contributed by atoms with Gasteiger partial charge in [0.15, 0.2) is 17.3 Å². The van der Waals surface area contributed by atoms with E-state index in [0.717, 1.165) is 11.1 Å². The monoisotopic (exact) mass is 344 g/mol. The Kier molecular flexibility index (Phi) is 5.49. The van der Waals surface area contributed by atoms with E-state index in [1.54, 1.807) is 14.2 Å². The number of methoxy groups -OCH3 is 2. The van der Waals surface area contributed by atoms with Gasteiger partial charge in [0.05, 0.1) is 14.2 Å². The van der Waals surface area contributed by atoms with Crippen LogP contribution >= 0.6 is 0 Å². The first-order valence-electron chi connectivity index (χ1n) is 8.31. The van der Waals surface area contributed by atoms with Crippen molar-refractivity contribution >= 4 is 17.9 Å². The van der Waals surface area contributed by atoms with Crippen LogP contribution in [0.1, 0.15) is 27.0 Å². The number of carbonyl (C=O) groups excluding carboxylic acids is 1. The highest BCUT2D eigenvalue weighted by Crippen LogP contribution is 2.28. The lowest BCUT2D eigenvalue weighted by molar-refractivity contribution is 0.103. The van der Waals surface area contributed by atoms with Gasteiger partial charge in [0.25, 0.3) is 0 Å². The number of ketones is 1. The van der Waals surface area contributed by atoms with Crippen LogP contribution in [0.5, 0.6) is 11.5 Å². The Morgan fingerprint density at radius 2 is 1.27 bits per heavy atom. The molecular weight excluding hydrogens is 324 g/mol. The fraction of sp³-hybridized carbons (Fsp3) is 0.0870. The fourth-order valence-corrected chi connectivity index (χ4v) is 2.65. The topological polar surface area (TPSA) is 35.5 Å². The zero-order valence-corrected chi connectivity index (χ0v) is 14.8. The molecule has 0 aliphatic carbocycles. The van der Waals surface area contributed by atoms with Crippen molar-refractivity contribution in [1.82, 2.24) is 0 Å². The van der Waals surface area contributed by atoms with Gasteiger partial charge in [0.2, 0.25) is 0 Å². The molecule has 130 valence electrons. The van der Waals surface area contributed by atoms with Gasteiger partial charge in [-0.05, 0) is 23.3 Å². The van der Waals surface area contributed by atoms with Crippen LogP contribution < -0.4 is 9.47 Å². The maximum atomic E-state index is 12.4. The summed E-state index contributed by atoms with van der Waals surface area (Å²) in [5.41, 5.74) is 3.40. The second-order valence-electron chi connectivity index (χ2n) is 5.76. The second-order valence-corrected chi connectivity index (χ2v) is 5.76. The molecule has 0 N–H and O–H groups in total. The summed E-state index contributed by atoms with van der Waals surface area (Å²) >= 11 is 0. The Labute approximate surface area is 153 Å². The summed E-state index contributed by atoms with van der Waals surface area (Å²) in [6.07, 6.45) is 3.99. The average molecular weight is 344 g/mol. The Balaban J connectivity index is 1.75. The summed E-state index contributed by atoms with van der Waals surface area (Å²) in [6, 6.07) is 22.6. The number of hydrogen-bond donors (Lipinski definition) is 0. The van der Waals surface area contributed by atoms with Gasteiger partial charge in [-0.2, -0.15) is 0 Å². The minimum Gasteiger partial charge on any atom is -0.493 e. The van der Waals surface area contributed by atoms with E-state index in [2.05, 4.69) is 0 Å². The van der Waals surface area contributed by atoms with E-state index in [9.17, 15) is 4.79 Å².